The first-order valence-corrected chi connectivity index (χ1v) is 8.96. The Balaban J connectivity index is 1.79. The third-order valence-electron chi connectivity index (χ3n) is 5.02. The lowest BCUT2D eigenvalue weighted by molar-refractivity contribution is 0.121. The molecule has 1 fully saturated rings. The van der Waals surface area contributed by atoms with Gasteiger partial charge in [0, 0.05) is 19.6 Å². The maximum atomic E-state index is 12.3. The van der Waals surface area contributed by atoms with Gasteiger partial charge in [-0.1, -0.05) is 30.3 Å². The van der Waals surface area contributed by atoms with Crippen molar-refractivity contribution in [2.24, 2.45) is 11.1 Å². The molecule has 5 heteroatoms. The fourth-order valence-electron chi connectivity index (χ4n) is 3.37. The maximum absolute atomic E-state index is 12.3. The molecule has 0 unspecified atom stereocenters. The number of rotatable bonds is 7. The van der Waals surface area contributed by atoms with Gasteiger partial charge in [-0.3, -0.25) is 0 Å². The second kappa shape index (κ2) is 9.04. The second-order valence-corrected chi connectivity index (χ2v) is 7.24. The Kier molecular flexibility index (Phi) is 7.06. The molecule has 0 saturated carbocycles. The average Bonchev–Trinajstić information content (AvgIpc) is 2.60. The highest BCUT2D eigenvalue weighted by Gasteiger charge is 2.34. The van der Waals surface area contributed by atoms with Gasteiger partial charge in [-0.15, -0.1) is 0 Å². The van der Waals surface area contributed by atoms with E-state index in [1.54, 1.807) is 0 Å². The Morgan fingerprint density at radius 3 is 2.50 bits per heavy atom. The van der Waals surface area contributed by atoms with Crippen LogP contribution in [0.1, 0.15) is 24.8 Å². The molecule has 1 aliphatic heterocycles. The van der Waals surface area contributed by atoms with Crippen LogP contribution in [0.2, 0.25) is 0 Å². The Morgan fingerprint density at radius 1 is 1.25 bits per heavy atom. The zero-order valence-corrected chi connectivity index (χ0v) is 15.1. The van der Waals surface area contributed by atoms with E-state index in [0.717, 1.165) is 51.9 Å². The molecule has 134 valence electrons. The van der Waals surface area contributed by atoms with Gasteiger partial charge in [0.15, 0.2) is 0 Å². The number of urea groups is 1. The molecule has 24 heavy (non-hydrogen) atoms. The van der Waals surface area contributed by atoms with Crippen molar-refractivity contribution in [2.45, 2.75) is 25.7 Å². The van der Waals surface area contributed by atoms with Gasteiger partial charge in [-0.2, -0.15) is 0 Å². The topological polar surface area (TPSA) is 61.6 Å². The second-order valence-electron chi connectivity index (χ2n) is 7.24. The van der Waals surface area contributed by atoms with E-state index in [2.05, 4.69) is 34.5 Å². The molecule has 2 rings (SSSR count). The van der Waals surface area contributed by atoms with Crippen molar-refractivity contribution in [3.05, 3.63) is 35.9 Å². The zero-order chi connectivity index (χ0) is 17.4. The van der Waals surface area contributed by atoms with Crippen LogP contribution in [0, 0.1) is 5.41 Å². The van der Waals surface area contributed by atoms with Crippen molar-refractivity contribution in [3.63, 3.8) is 0 Å². The lowest BCUT2D eigenvalue weighted by Gasteiger charge is -2.41. The number of piperidine rings is 1. The van der Waals surface area contributed by atoms with Crippen LogP contribution in [0.5, 0.6) is 0 Å². The van der Waals surface area contributed by atoms with Crippen molar-refractivity contribution in [2.75, 3.05) is 46.8 Å². The molecule has 0 aliphatic carbocycles. The highest BCUT2D eigenvalue weighted by Crippen LogP contribution is 2.34. The highest BCUT2D eigenvalue weighted by atomic mass is 16.2. The molecule has 2 amide bonds. The Hall–Kier alpha value is -1.59. The lowest BCUT2D eigenvalue weighted by atomic mass is 9.74. The third-order valence-corrected chi connectivity index (χ3v) is 5.02. The zero-order valence-electron chi connectivity index (χ0n) is 15.1. The Morgan fingerprint density at radius 2 is 1.92 bits per heavy atom. The van der Waals surface area contributed by atoms with E-state index in [1.165, 1.54) is 5.56 Å². The molecular formula is C19H32N4O. The molecule has 1 aliphatic rings. The van der Waals surface area contributed by atoms with Gasteiger partial charge < -0.3 is 20.9 Å². The summed E-state index contributed by atoms with van der Waals surface area (Å²) in [6, 6.07) is 10.6. The minimum Gasteiger partial charge on any atom is -0.338 e. The molecule has 1 aromatic rings. The van der Waals surface area contributed by atoms with E-state index < -0.39 is 0 Å². The number of carbonyl (C=O) groups is 1. The molecule has 1 aromatic carbocycles. The number of likely N-dealkylation sites (tertiary alicyclic amines) is 1. The number of nitrogens with two attached hydrogens (primary N) is 1. The number of amides is 2. The molecule has 5 nitrogen and oxygen atoms in total. The summed E-state index contributed by atoms with van der Waals surface area (Å²) in [5.74, 6) is 0. The number of carbonyl (C=O) groups excluding carboxylic acids is 1. The predicted octanol–water partition coefficient (Wildman–Crippen LogP) is 1.93. The molecule has 0 spiro atoms. The largest absolute Gasteiger partial charge is 0.338 e. The summed E-state index contributed by atoms with van der Waals surface area (Å²) in [6.45, 7) is 4.00. The number of hydrogen-bond acceptors (Lipinski definition) is 3. The normalized spacial score (nSPS) is 17.1. The first-order chi connectivity index (χ1) is 11.5. The van der Waals surface area contributed by atoms with Gasteiger partial charge in [0.25, 0.3) is 0 Å². The van der Waals surface area contributed by atoms with Crippen LogP contribution >= 0.6 is 0 Å². The van der Waals surface area contributed by atoms with Gasteiger partial charge in [0.1, 0.15) is 0 Å². The molecule has 0 bridgehead atoms. The number of hydrogen-bond donors (Lipinski definition) is 2. The predicted molar refractivity (Wildman–Crippen MR) is 99.0 cm³/mol. The van der Waals surface area contributed by atoms with Crippen molar-refractivity contribution in [3.8, 4) is 0 Å². The van der Waals surface area contributed by atoms with Gasteiger partial charge in [-0.05, 0) is 63.8 Å². The molecule has 1 saturated heterocycles. The van der Waals surface area contributed by atoms with Crippen molar-refractivity contribution < 1.29 is 4.79 Å². The fraction of sp³-hybridized carbons (Fsp3) is 0.632. The summed E-state index contributed by atoms with van der Waals surface area (Å²) in [5, 5.41) is 3.03. The number of benzene rings is 1. The van der Waals surface area contributed by atoms with E-state index in [1.807, 2.05) is 25.1 Å². The van der Waals surface area contributed by atoms with Crippen LogP contribution in [-0.2, 0) is 6.42 Å². The van der Waals surface area contributed by atoms with Crippen molar-refractivity contribution in [1.29, 1.82) is 0 Å². The van der Waals surface area contributed by atoms with E-state index >= 15 is 0 Å². The van der Waals surface area contributed by atoms with Gasteiger partial charge >= 0.3 is 6.03 Å². The molecule has 1 heterocycles. The monoisotopic (exact) mass is 332 g/mol. The average molecular weight is 332 g/mol. The number of nitrogens with zero attached hydrogens (tertiary/aromatic N) is 2. The standard InChI is InChI=1S/C19H32N4O/c1-22(2)12-6-11-21-18(24)23-13-9-19(16-20,10-14-23)15-17-7-4-3-5-8-17/h3-5,7-8H,6,9-16,20H2,1-2H3,(H,21,24). The van der Waals surface area contributed by atoms with Crippen LogP contribution in [0.4, 0.5) is 4.79 Å². The summed E-state index contributed by atoms with van der Waals surface area (Å²) in [6.07, 6.45) is 3.93. The summed E-state index contributed by atoms with van der Waals surface area (Å²) in [4.78, 5) is 16.3. The summed E-state index contributed by atoms with van der Waals surface area (Å²) in [5.41, 5.74) is 7.58. The molecule has 3 N–H and O–H groups in total. The van der Waals surface area contributed by atoms with Crippen LogP contribution in [0.15, 0.2) is 30.3 Å². The van der Waals surface area contributed by atoms with E-state index in [9.17, 15) is 4.79 Å². The van der Waals surface area contributed by atoms with E-state index in [-0.39, 0.29) is 11.4 Å². The minimum atomic E-state index is 0.0686. The smallest absolute Gasteiger partial charge is 0.317 e. The minimum absolute atomic E-state index is 0.0686. The SMILES string of the molecule is CN(C)CCCNC(=O)N1CCC(CN)(Cc2ccccc2)CC1. The lowest BCUT2D eigenvalue weighted by Crippen LogP contribution is -2.50. The third kappa shape index (κ3) is 5.49. The fourth-order valence-corrected chi connectivity index (χ4v) is 3.37. The van der Waals surface area contributed by atoms with Gasteiger partial charge in [0.05, 0.1) is 0 Å². The maximum Gasteiger partial charge on any atom is 0.317 e. The first kappa shape index (κ1) is 18.7. The van der Waals surface area contributed by atoms with Crippen LogP contribution in [-0.4, -0.2) is 62.7 Å². The van der Waals surface area contributed by atoms with Crippen LogP contribution in [0.25, 0.3) is 0 Å². The quantitative estimate of drug-likeness (QED) is 0.750. The first-order valence-electron chi connectivity index (χ1n) is 8.96. The van der Waals surface area contributed by atoms with Crippen molar-refractivity contribution >= 4 is 6.03 Å². The molecular weight excluding hydrogens is 300 g/mol. The highest BCUT2D eigenvalue weighted by molar-refractivity contribution is 5.74. The summed E-state index contributed by atoms with van der Waals surface area (Å²) in [7, 11) is 4.09. The van der Waals surface area contributed by atoms with Crippen molar-refractivity contribution in [1.82, 2.24) is 15.1 Å². The molecule has 0 atom stereocenters. The Labute approximate surface area is 146 Å². The summed E-state index contributed by atoms with van der Waals surface area (Å²) >= 11 is 0. The molecule has 0 aromatic heterocycles. The van der Waals surface area contributed by atoms with Gasteiger partial charge in [0.2, 0.25) is 0 Å². The summed E-state index contributed by atoms with van der Waals surface area (Å²) < 4.78 is 0. The van der Waals surface area contributed by atoms with Crippen LogP contribution in [0.3, 0.4) is 0 Å². The van der Waals surface area contributed by atoms with E-state index in [4.69, 9.17) is 5.73 Å². The van der Waals surface area contributed by atoms with Crippen LogP contribution < -0.4 is 11.1 Å². The van der Waals surface area contributed by atoms with Gasteiger partial charge in [-0.25, -0.2) is 4.79 Å². The number of nitrogens with one attached hydrogen (secondary N) is 1. The van der Waals surface area contributed by atoms with E-state index in [0.29, 0.717) is 6.54 Å². The molecule has 0 radical (unpaired) electrons. The Bertz CT molecular complexity index is 495.